The fraction of sp³-hybridized carbons (Fsp3) is 0.321. The first kappa shape index (κ1) is 53.1. The predicted molar refractivity (Wildman–Crippen MR) is 156 cm³/mol. The molecule has 1 N–H and O–H groups in total. The Bertz CT molecular complexity index is 573. The first-order valence-electron chi connectivity index (χ1n) is 8.87. The van der Waals surface area contributed by atoms with Gasteiger partial charge in [0.1, 0.15) is 0 Å². The van der Waals surface area contributed by atoms with Crippen LogP contribution in [0.2, 0.25) is 0 Å². The van der Waals surface area contributed by atoms with Crippen LogP contribution < -0.4 is 0 Å². The van der Waals surface area contributed by atoms with Crippen LogP contribution in [0, 0.1) is 53.8 Å². The summed E-state index contributed by atoms with van der Waals surface area (Å²) in [5.74, 6) is 2.83. The average molecular weight is 562 g/mol. The number of benzene rings is 1. The minimum Gasteiger partial charge on any atom is -0.477 e. The number of fused-ring (bicyclic) bond motifs is 1. The molecule has 0 fully saturated rings. The van der Waals surface area contributed by atoms with Gasteiger partial charge in [-0.1, -0.05) is 12.1 Å². The molecular formula is C28H49Cl2NZr-8. The van der Waals surface area contributed by atoms with Gasteiger partial charge >= 0.3 is 41.3 Å². The largest absolute Gasteiger partial charge is 0.477 e. The Morgan fingerprint density at radius 3 is 1.56 bits per heavy atom. The summed E-state index contributed by atoms with van der Waals surface area (Å²) in [6.45, 7) is 16.7. The summed E-state index contributed by atoms with van der Waals surface area (Å²) in [5.41, 5.74) is 1.15. The van der Waals surface area contributed by atoms with Crippen molar-refractivity contribution in [3.63, 3.8) is 0 Å². The number of aromatic nitrogens is 1. The molecule has 2 aromatic rings. The first-order valence-corrected chi connectivity index (χ1v) is 10.1. The molecule has 4 heteroatoms. The van der Waals surface area contributed by atoms with E-state index in [1.807, 2.05) is 36.4 Å². The Morgan fingerprint density at radius 1 is 0.875 bits per heavy atom. The van der Waals surface area contributed by atoms with Crippen molar-refractivity contribution in [2.75, 3.05) is 0 Å². The molecule has 1 heterocycles. The van der Waals surface area contributed by atoms with E-state index in [1.54, 1.807) is 24.2 Å². The Labute approximate surface area is 231 Å². The molecular weight excluding hydrogens is 512 g/mol. The Hall–Kier alpha value is -0.427. The van der Waals surface area contributed by atoms with Gasteiger partial charge in [0.25, 0.3) is 0 Å². The van der Waals surface area contributed by atoms with Crippen LogP contribution in [-0.4, -0.2) is 8.19 Å². The van der Waals surface area contributed by atoms with E-state index < -0.39 is 0 Å². The molecule has 1 aliphatic rings. The number of halogens is 2. The smallest absolute Gasteiger partial charge is 0.0745 e. The number of nitrogens with one attached hydrogen (secondary N) is 1. The fourth-order valence-corrected chi connectivity index (χ4v) is 1.27. The van der Waals surface area contributed by atoms with Crippen molar-refractivity contribution in [2.45, 2.75) is 61.8 Å². The topological polar surface area (TPSA) is 15.8 Å². The maximum atomic E-state index is 2.99. The van der Waals surface area contributed by atoms with Gasteiger partial charge in [-0.05, 0) is 0 Å². The second-order valence-electron chi connectivity index (χ2n) is 7.00. The minimum atomic E-state index is 0. The van der Waals surface area contributed by atoms with E-state index in [1.165, 1.54) is 20.4 Å². The van der Waals surface area contributed by atoms with Gasteiger partial charge in [0, 0.05) is 0 Å². The second kappa shape index (κ2) is 37.9. The number of hydrogen-bond acceptors (Lipinski definition) is 0. The molecule has 0 unspecified atom stereocenters. The number of hydrogen-bond donors (Lipinski definition) is 1. The Balaban J connectivity index is -0.0000000377. The van der Waals surface area contributed by atoms with Crippen molar-refractivity contribution < 1.29 is 24.2 Å². The van der Waals surface area contributed by atoms with Crippen LogP contribution >= 0.6 is 24.8 Å². The SMILES string of the molecule is C[C-](C)C.C[C-](C)C.C[C](C)=[Zr].Cl.Cl.[C-]1=CC=CC1.[CH3-].[CH3-].[CH3-].[CH3-].[c-]1cc2ccccc2[nH]1. The van der Waals surface area contributed by atoms with Crippen molar-refractivity contribution >= 4 is 38.9 Å². The summed E-state index contributed by atoms with van der Waals surface area (Å²) in [6.07, 6.45) is 12.9. The number of aromatic amines is 1. The normalized spacial score (nSPS) is 8.66. The maximum Gasteiger partial charge on any atom is -0.0745 e. The van der Waals surface area contributed by atoms with Crippen molar-refractivity contribution in [3.8, 4) is 0 Å². The van der Waals surface area contributed by atoms with Crippen LogP contribution in [0.3, 0.4) is 0 Å². The van der Waals surface area contributed by atoms with Gasteiger partial charge in [-0.25, -0.2) is 12.2 Å². The van der Waals surface area contributed by atoms with E-state index in [9.17, 15) is 0 Å². The molecule has 0 atom stereocenters. The van der Waals surface area contributed by atoms with E-state index in [4.69, 9.17) is 0 Å². The zero-order valence-corrected chi connectivity index (χ0v) is 26.7. The first-order chi connectivity index (χ1) is 12.2. The summed E-state index contributed by atoms with van der Waals surface area (Å²) < 4.78 is 1.51. The van der Waals surface area contributed by atoms with E-state index in [2.05, 4.69) is 84.8 Å². The van der Waals surface area contributed by atoms with Crippen LogP contribution in [0.15, 0.2) is 48.6 Å². The maximum absolute atomic E-state index is 2.99. The molecule has 1 aromatic heterocycles. The third kappa shape index (κ3) is 51.9. The van der Waals surface area contributed by atoms with Crippen molar-refractivity contribution in [3.05, 3.63) is 102 Å². The van der Waals surface area contributed by atoms with Crippen LogP contribution in [0.25, 0.3) is 10.9 Å². The number of allylic oxidation sites excluding steroid dienone is 4. The second-order valence-corrected chi connectivity index (χ2v) is 9.46. The summed E-state index contributed by atoms with van der Waals surface area (Å²) in [4.78, 5) is 2.99. The molecule has 0 spiro atoms. The van der Waals surface area contributed by atoms with E-state index in [-0.39, 0.29) is 54.5 Å². The van der Waals surface area contributed by atoms with Crippen LogP contribution in [0.4, 0.5) is 0 Å². The number of rotatable bonds is 0. The molecule has 0 aliphatic heterocycles. The van der Waals surface area contributed by atoms with E-state index in [0.717, 1.165) is 11.9 Å². The van der Waals surface area contributed by atoms with Crippen LogP contribution in [0.1, 0.15) is 61.8 Å². The minimum absolute atomic E-state index is 0. The third-order valence-electron chi connectivity index (χ3n) is 1.98. The van der Waals surface area contributed by atoms with Gasteiger partial charge in [0.05, 0.1) is 0 Å². The van der Waals surface area contributed by atoms with E-state index in [0.29, 0.717) is 0 Å². The molecule has 0 saturated heterocycles. The molecule has 1 aliphatic carbocycles. The summed E-state index contributed by atoms with van der Waals surface area (Å²) >= 11 is 1.55. The van der Waals surface area contributed by atoms with Gasteiger partial charge in [-0.2, -0.15) is 59.1 Å². The molecule has 0 bridgehead atoms. The van der Waals surface area contributed by atoms with Crippen molar-refractivity contribution in [1.29, 1.82) is 0 Å². The number of H-pyrrole nitrogens is 1. The van der Waals surface area contributed by atoms with E-state index >= 15 is 0 Å². The van der Waals surface area contributed by atoms with Gasteiger partial charge in [0.2, 0.25) is 0 Å². The molecule has 3 rings (SSSR count). The van der Waals surface area contributed by atoms with Gasteiger partial charge in [-0.3, -0.25) is 6.08 Å². The third-order valence-corrected chi connectivity index (χ3v) is 1.98. The van der Waals surface area contributed by atoms with Crippen LogP contribution in [-0.2, 0) is 24.2 Å². The summed E-state index contributed by atoms with van der Waals surface area (Å²) in [5, 5.41) is 1.22. The molecule has 32 heavy (non-hydrogen) atoms. The van der Waals surface area contributed by atoms with Gasteiger partial charge < -0.3 is 46.5 Å². The molecule has 0 radical (unpaired) electrons. The zero-order valence-electron chi connectivity index (χ0n) is 22.6. The van der Waals surface area contributed by atoms with Gasteiger partial charge in [-0.15, -0.1) is 55.1 Å². The van der Waals surface area contributed by atoms with Crippen molar-refractivity contribution in [1.82, 2.24) is 4.98 Å². The molecule has 1 aromatic carbocycles. The van der Waals surface area contributed by atoms with Crippen molar-refractivity contribution in [2.24, 2.45) is 0 Å². The van der Waals surface area contributed by atoms with Crippen LogP contribution in [0.5, 0.6) is 0 Å². The monoisotopic (exact) mass is 559 g/mol. The Morgan fingerprint density at radius 2 is 1.28 bits per heavy atom. The molecule has 0 saturated carbocycles. The molecule has 1 nitrogen and oxygen atoms in total. The standard InChI is InChI=1S/C8H6N.C5H5.2C4H9.C3H6.4CH3.2ClH.Zr/c1-2-4-8-7(3-1)5-6-9-8;1-2-4-5-3-1;2*1-4(2)3;1-3-2;;;;;;;/h1-5,9H;1-3H,4H2;2*1-3H3;1-2H3;4*1H3;2*1H;/q4*-1;;4*-1;;;. The molecule has 0 amide bonds. The quantitative estimate of drug-likeness (QED) is 0.308. The number of para-hydroxylation sites is 1. The van der Waals surface area contributed by atoms with Gasteiger partial charge in [0.15, 0.2) is 0 Å². The fourth-order valence-electron chi connectivity index (χ4n) is 1.27. The predicted octanol–water partition coefficient (Wildman–Crippen LogP) is 9.91. The molecule has 192 valence electrons. The Kier molecular flexibility index (Phi) is 62.8. The summed E-state index contributed by atoms with van der Waals surface area (Å²) in [6, 6.07) is 10.1. The zero-order chi connectivity index (χ0) is 20.4. The average Bonchev–Trinajstić information content (AvgIpc) is 3.20. The summed E-state index contributed by atoms with van der Waals surface area (Å²) in [7, 11) is 0.